The van der Waals surface area contributed by atoms with Crippen LogP contribution >= 0.6 is 0 Å². The molecule has 1 aliphatic carbocycles. The van der Waals surface area contributed by atoms with Crippen LogP contribution in [-0.2, 0) is 11.3 Å². The van der Waals surface area contributed by atoms with Crippen molar-refractivity contribution in [3.05, 3.63) is 35.4 Å². The van der Waals surface area contributed by atoms with Gasteiger partial charge in [-0.1, -0.05) is 24.3 Å². The summed E-state index contributed by atoms with van der Waals surface area (Å²) in [6, 6.07) is 7.59. The molecule has 1 unspecified atom stereocenters. The van der Waals surface area contributed by atoms with Crippen LogP contribution in [0.15, 0.2) is 24.3 Å². The minimum Gasteiger partial charge on any atom is -0.481 e. The molecule has 1 heterocycles. The Morgan fingerprint density at radius 1 is 1.25 bits per heavy atom. The molecule has 0 spiro atoms. The monoisotopic (exact) mass is 274 g/mol. The predicted molar refractivity (Wildman–Crippen MR) is 73.4 cm³/mol. The molecule has 1 aromatic carbocycles. The van der Waals surface area contributed by atoms with Crippen LogP contribution in [0.4, 0.5) is 4.79 Å². The molecule has 2 N–H and O–H groups in total. The number of carbonyl (C=O) groups excluding carboxylic acids is 1. The Labute approximate surface area is 117 Å². The molecule has 2 aliphatic rings. The van der Waals surface area contributed by atoms with Crippen molar-refractivity contribution in [2.24, 2.45) is 0 Å². The average molecular weight is 274 g/mol. The van der Waals surface area contributed by atoms with E-state index in [4.69, 9.17) is 0 Å². The summed E-state index contributed by atoms with van der Waals surface area (Å²) in [6.45, 7) is 0.726. The molecular weight excluding hydrogens is 256 g/mol. The lowest BCUT2D eigenvalue weighted by atomic mass is 9.90. The number of hydrogen-bond donors (Lipinski definition) is 2. The Balaban J connectivity index is 1.78. The van der Waals surface area contributed by atoms with E-state index in [2.05, 4.69) is 5.32 Å². The van der Waals surface area contributed by atoms with Crippen molar-refractivity contribution in [3.63, 3.8) is 0 Å². The molecule has 1 fully saturated rings. The second kappa shape index (κ2) is 5.15. The van der Waals surface area contributed by atoms with Crippen LogP contribution in [0.5, 0.6) is 0 Å². The summed E-state index contributed by atoms with van der Waals surface area (Å²) in [6.07, 6.45) is 3.21. The van der Waals surface area contributed by atoms with E-state index in [-0.39, 0.29) is 18.6 Å². The third-order valence-electron chi connectivity index (χ3n) is 4.21. The summed E-state index contributed by atoms with van der Waals surface area (Å²) < 4.78 is 0. The van der Waals surface area contributed by atoms with E-state index in [0.717, 1.165) is 30.4 Å². The molecule has 5 heteroatoms. The first-order valence-corrected chi connectivity index (χ1v) is 7.01. The van der Waals surface area contributed by atoms with E-state index in [0.29, 0.717) is 6.54 Å². The topological polar surface area (TPSA) is 69.6 Å². The van der Waals surface area contributed by atoms with Gasteiger partial charge in [0.1, 0.15) is 0 Å². The van der Waals surface area contributed by atoms with Crippen molar-refractivity contribution in [1.29, 1.82) is 0 Å². The zero-order valence-corrected chi connectivity index (χ0v) is 11.2. The molecule has 20 heavy (non-hydrogen) atoms. The molecule has 106 valence electrons. The van der Waals surface area contributed by atoms with Gasteiger partial charge in [0.15, 0.2) is 0 Å². The zero-order chi connectivity index (χ0) is 14.1. The molecule has 5 nitrogen and oxygen atoms in total. The number of nitrogens with zero attached hydrogens (tertiary/aromatic N) is 1. The smallest absolute Gasteiger partial charge is 0.317 e. The molecule has 1 aromatic rings. The molecule has 0 aromatic heterocycles. The number of fused-ring (bicyclic) bond motifs is 1. The quantitative estimate of drug-likeness (QED) is 0.865. The highest BCUT2D eigenvalue weighted by molar-refractivity contribution is 5.81. The van der Waals surface area contributed by atoms with Gasteiger partial charge in [-0.15, -0.1) is 0 Å². The Morgan fingerprint density at radius 3 is 2.65 bits per heavy atom. The largest absolute Gasteiger partial charge is 0.481 e. The van der Waals surface area contributed by atoms with Gasteiger partial charge in [-0.05, 0) is 30.4 Å². The maximum absolute atomic E-state index is 12.2. The van der Waals surface area contributed by atoms with E-state index < -0.39 is 11.9 Å². The molecular formula is C15H18N2O3. The van der Waals surface area contributed by atoms with E-state index in [9.17, 15) is 14.7 Å². The molecule has 3 rings (SSSR count). The van der Waals surface area contributed by atoms with Crippen LogP contribution in [0.3, 0.4) is 0 Å². The molecule has 1 aliphatic heterocycles. The number of amides is 2. The Morgan fingerprint density at radius 2 is 2.00 bits per heavy atom. The van der Waals surface area contributed by atoms with Gasteiger partial charge in [-0.2, -0.15) is 0 Å². The third kappa shape index (κ3) is 2.35. The fraction of sp³-hybridized carbons (Fsp3) is 0.467. The van der Waals surface area contributed by atoms with Crippen LogP contribution in [-0.4, -0.2) is 34.6 Å². The second-order valence-electron chi connectivity index (χ2n) is 5.55. The van der Waals surface area contributed by atoms with E-state index in [1.165, 1.54) is 0 Å². The van der Waals surface area contributed by atoms with Crippen molar-refractivity contribution < 1.29 is 14.7 Å². The molecule has 1 atom stereocenters. The van der Waals surface area contributed by atoms with Crippen molar-refractivity contribution in [1.82, 2.24) is 10.2 Å². The number of carboxylic acids is 1. The number of rotatable bonds is 2. The first-order chi connectivity index (χ1) is 9.65. The Hall–Kier alpha value is -2.04. The summed E-state index contributed by atoms with van der Waals surface area (Å²) in [7, 11) is 0. The van der Waals surface area contributed by atoms with Gasteiger partial charge in [0, 0.05) is 19.1 Å². The van der Waals surface area contributed by atoms with Gasteiger partial charge in [0.2, 0.25) is 0 Å². The number of hydrogen-bond acceptors (Lipinski definition) is 2. The zero-order valence-electron chi connectivity index (χ0n) is 11.2. The Bertz CT molecular complexity index is 540. The summed E-state index contributed by atoms with van der Waals surface area (Å²) in [4.78, 5) is 25.2. The highest BCUT2D eigenvalue weighted by Crippen LogP contribution is 2.29. The number of benzene rings is 1. The van der Waals surface area contributed by atoms with E-state index in [1.54, 1.807) is 4.90 Å². The number of carbonyl (C=O) groups is 2. The number of nitrogens with one attached hydrogen (secondary N) is 1. The molecule has 1 saturated carbocycles. The fourth-order valence-electron chi connectivity index (χ4n) is 2.79. The SMILES string of the molecule is O=C(O)C1CN(C(=O)NC2CCC2)Cc2ccccc21. The van der Waals surface area contributed by atoms with E-state index in [1.807, 2.05) is 24.3 Å². The van der Waals surface area contributed by atoms with Gasteiger partial charge in [-0.3, -0.25) is 4.79 Å². The van der Waals surface area contributed by atoms with Crippen LogP contribution < -0.4 is 5.32 Å². The minimum atomic E-state index is -0.876. The van der Waals surface area contributed by atoms with Crippen LogP contribution in [0.2, 0.25) is 0 Å². The van der Waals surface area contributed by atoms with Gasteiger partial charge in [0.05, 0.1) is 5.92 Å². The second-order valence-corrected chi connectivity index (χ2v) is 5.55. The Kier molecular flexibility index (Phi) is 3.34. The minimum absolute atomic E-state index is 0.143. The van der Waals surface area contributed by atoms with Crippen LogP contribution in [0.25, 0.3) is 0 Å². The molecule has 0 bridgehead atoms. The number of urea groups is 1. The lowest BCUT2D eigenvalue weighted by Gasteiger charge is -2.35. The maximum Gasteiger partial charge on any atom is 0.317 e. The van der Waals surface area contributed by atoms with Crippen LogP contribution in [0, 0.1) is 0 Å². The normalized spacial score (nSPS) is 21.8. The van der Waals surface area contributed by atoms with E-state index >= 15 is 0 Å². The predicted octanol–water partition coefficient (Wildman–Crippen LogP) is 1.93. The third-order valence-corrected chi connectivity index (χ3v) is 4.21. The maximum atomic E-state index is 12.2. The summed E-state index contributed by atoms with van der Waals surface area (Å²) in [5, 5.41) is 12.3. The fourth-order valence-corrected chi connectivity index (χ4v) is 2.79. The standard InChI is InChI=1S/C15H18N2O3/c18-14(19)13-9-17(15(20)16-11-5-3-6-11)8-10-4-1-2-7-12(10)13/h1-2,4,7,11,13H,3,5-6,8-9H2,(H,16,20)(H,18,19). The van der Waals surface area contributed by atoms with Crippen LogP contribution in [0.1, 0.15) is 36.3 Å². The first kappa shape index (κ1) is 13.0. The lowest BCUT2D eigenvalue weighted by molar-refractivity contribution is -0.139. The number of aliphatic carboxylic acids is 1. The average Bonchev–Trinajstić information content (AvgIpc) is 2.41. The summed E-state index contributed by atoms with van der Waals surface area (Å²) >= 11 is 0. The molecule has 0 saturated heterocycles. The highest BCUT2D eigenvalue weighted by Gasteiger charge is 2.33. The van der Waals surface area contributed by atoms with Crippen molar-refractivity contribution in [2.45, 2.75) is 37.8 Å². The van der Waals surface area contributed by atoms with Gasteiger partial charge in [-0.25, -0.2) is 4.79 Å². The van der Waals surface area contributed by atoms with Crippen molar-refractivity contribution in [2.75, 3.05) is 6.54 Å². The van der Waals surface area contributed by atoms with Gasteiger partial charge < -0.3 is 15.3 Å². The summed E-state index contributed by atoms with van der Waals surface area (Å²) in [5.41, 5.74) is 1.75. The molecule has 2 amide bonds. The highest BCUT2D eigenvalue weighted by atomic mass is 16.4. The van der Waals surface area contributed by atoms with Gasteiger partial charge in [0.25, 0.3) is 0 Å². The lowest BCUT2D eigenvalue weighted by Crippen LogP contribution is -2.50. The number of carboxylic acid groups (broad SMARTS) is 1. The first-order valence-electron chi connectivity index (χ1n) is 7.01. The molecule has 0 radical (unpaired) electrons. The van der Waals surface area contributed by atoms with Crippen molar-refractivity contribution >= 4 is 12.0 Å². The van der Waals surface area contributed by atoms with Gasteiger partial charge >= 0.3 is 12.0 Å². The van der Waals surface area contributed by atoms with Crippen molar-refractivity contribution in [3.8, 4) is 0 Å². The summed E-state index contributed by atoms with van der Waals surface area (Å²) in [5.74, 6) is -1.51.